The van der Waals surface area contributed by atoms with Gasteiger partial charge in [-0.1, -0.05) is 26.7 Å². The summed E-state index contributed by atoms with van der Waals surface area (Å²) >= 11 is 1.99. The third-order valence-electron chi connectivity index (χ3n) is 4.08. The molecule has 18 heavy (non-hydrogen) atoms. The fourth-order valence-electron chi connectivity index (χ4n) is 2.86. The van der Waals surface area contributed by atoms with Crippen LogP contribution in [0.3, 0.4) is 0 Å². The maximum Gasteiger partial charge on any atom is 0.0951 e. The Labute approximate surface area is 115 Å². The van der Waals surface area contributed by atoms with Gasteiger partial charge in [-0.05, 0) is 25.0 Å². The van der Waals surface area contributed by atoms with Crippen molar-refractivity contribution in [2.45, 2.75) is 56.9 Å². The number of nitrogens with zero attached hydrogens (tertiary/aromatic N) is 2. The first-order chi connectivity index (χ1) is 8.65. The number of aromatic nitrogens is 2. The number of thioether (sulfide) groups is 1. The zero-order chi connectivity index (χ0) is 13.1. The third-order valence-corrected chi connectivity index (χ3v) is 5.24. The molecule has 1 aliphatic carbocycles. The smallest absolute Gasteiger partial charge is 0.0951 e. The number of imidazole rings is 1. The van der Waals surface area contributed by atoms with Gasteiger partial charge in [0.1, 0.15) is 0 Å². The molecule has 0 amide bonds. The molecule has 0 aromatic carbocycles. The van der Waals surface area contributed by atoms with Gasteiger partial charge in [0.2, 0.25) is 0 Å². The number of rotatable bonds is 4. The summed E-state index contributed by atoms with van der Waals surface area (Å²) in [4.78, 5) is 4.34. The van der Waals surface area contributed by atoms with Crippen molar-refractivity contribution in [3.8, 4) is 0 Å². The minimum absolute atomic E-state index is 0.0944. The molecule has 1 fully saturated rings. The lowest BCUT2D eigenvalue weighted by Gasteiger charge is -2.33. The molecule has 3 unspecified atom stereocenters. The summed E-state index contributed by atoms with van der Waals surface area (Å²) in [6.07, 6.45) is 11.4. The Hall–Kier alpha value is -0.480. The summed E-state index contributed by atoms with van der Waals surface area (Å²) in [5, 5.41) is 0.714. The minimum Gasteiger partial charge on any atom is -0.329 e. The van der Waals surface area contributed by atoms with Crippen LogP contribution in [0, 0.1) is 5.92 Å². The van der Waals surface area contributed by atoms with Crippen molar-refractivity contribution in [3.05, 3.63) is 18.2 Å². The maximum absolute atomic E-state index is 6.31. The van der Waals surface area contributed by atoms with Crippen LogP contribution < -0.4 is 5.73 Å². The topological polar surface area (TPSA) is 43.8 Å². The predicted octanol–water partition coefficient (Wildman–Crippen LogP) is 3.39. The van der Waals surface area contributed by atoms with Crippen LogP contribution in [0.25, 0.3) is 0 Å². The second-order valence-corrected chi connectivity index (χ2v) is 6.70. The van der Waals surface area contributed by atoms with Crippen LogP contribution in [0.5, 0.6) is 0 Å². The standard InChI is InChI=1S/C14H25N3S/c1-10(2)14(15)12-8-16-9-17(12)11-6-4-5-7-13(11)18-3/h8-11,13-14H,4-7,15H2,1-3H3. The van der Waals surface area contributed by atoms with Crippen LogP contribution >= 0.6 is 11.8 Å². The summed E-state index contributed by atoms with van der Waals surface area (Å²) in [5.74, 6) is 0.455. The molecule has 0 aliphatic heterocycles. The molecular formula is C14H25N3S. The van der Waals surface area contributed by atoms with Gasteiger partial charge >= 0.3 is 0 Å². The Balaban J connectivity index is 2.24. The average molecular weight is 267 g/mol. The van der Waals surface area contributed by atoms with Crippen molar-refractivity contribution in [1.82, 2.24) is 9.55 Å². The van der Waals surface area contributed by atoms with Crippen molar-refractivity contribution < 1.29 is 0 Å². The van der Waals surface area contributed by atoms with Crippen LogP contribution in [-0.2, 0) is 0 Å². The quantitative estimate of drug-likeness (QED) is 0.909. The highest BCUT2D eigenvalue weighted by molar-refractivity contribution is 7.99. The largest absolute Gasteiger partial charge is 0.329 e. The molecule has 0 saturated heterocycles. The van der Waals surface area contributed by atoms with Gasteiger partial charge < -0.3 is 10.3 Å². The van der Waals surface area contributed by atoms with Crippen molar-refractivity contribution in [2.24, 2.45) is 11.7 Å². The van der Waals surface area contributed by atoms with Gasteiger partial charge in [0.15, 0.2) is 0 Å². The highest BCUT2D eigenvalue weighted by Gasteiger charge is 2.28. The van der Waals surface area contributed by atoms with E-state index in [4.69, 9.17) is 5.73 Å². The molecule has 1 aromatic rings. The predicted molar refractivity (Wildman–Crippen MR) is 78.8 cm³/mol. The third kappa shape index (κ3) is 2.75. The average Bonchev–Trinajstić information content (AvgIpc) is 2.86. The molecule has 1 heterocycles. The van der Waals surface area contributed by atoms with Crippen molar-refractivity contribution in [1.29, 1.82) is 0 Å². The van der Waals surface area contributed by atoms with E-state index in [-0.39, 0.29) is 6.04 Å². The highest BCUT2D eigenvalue weighted by atomic mass is 32.2. The summed E-state index contributed by atoms with van der Waals surface area (Å²) in [5.41, 5.74) is 7.51. The van der Waals surface area contributed by atoms with Gasteiger partial charge in [0, 0.05) is 23.5 Å². The Bertz CT molecular complexity index is 375. The van der Waals surface area contributed by atoms with Crippen LogP contribution in [0.4, 0.5) is 0 Å². The SMILES string of the molecule is CSC1CCCCC1n1cncc1C(N)C(C)C. The van der Waals surface area contributed by atoms with Gasteiger partial charge in [0.25, 0.3) is 0 Å². The summed E-state index contributed by atoms with van der Waals surface area (Å²) in [7, 11) is 0. The van der Waals surface area contributed by atoms with Crippen molar-refractivity contribution in [3.63, 3.8) is 0 Å². The fourth-order valence-corrected chi connectivity index (χ4v) is 3.85. The Morgan fingerprint density at radius 1 is 1.39 bits per heavy atom. The Kier molecular flexibility index (Phi) is 4.73. The van der Waals surface area contributed by atoms with Gasteiger partial charge in [-0.3, -0.25) is 0 Å². The van der Waals surface area contributed by atoms with E-state index >= 15 is 0 Å². The van der Waals surface area contributed by atoms with E-state index in [1.54, 1.807) is 0 Å². The first kappa shape index (κ1) is 13.9. The number of hydrogen-bond donors (Lipinski definition) is 1. The molecule has 2 N–H and O–H groups in total. The monoisotopic (exact) mass is 267 g/mol. The van der Waals surface area contributed by atoms with Gasteiger partial charge in [-0.25, -0.2) is 4.98 Å². The van der Waals surface area contributed by atoms with E-state index in [2.05, 4.69) is 29.7 Å². The summed E-state index contributed by atoms with van der Waals surface area (Å²) in [6, 6.07) is 0.674. The van der Waals surface area contributed by atoms with E-state index in [1.165, 1.54) is 31.4 Å². The lowest BCUT2D eigenvalue weighted by Crippen LogP contribution is -2.29. The van der Waals surface area contributed by atoms with E-state index in [1.807, 2.05) is 24.3 Å². The van der Waals surface area contributed by atoms with E-state index < -0.39 is 0 Å². The summed E-state index contributed by atoms with van der Waals surface area (Å²) < 4.78 is 2.35. The van der Waals surface area contributed by atoms with Crippen LogP contribution in [0.1, 0.15) is 57.3 Å². The zero-order valence-electron chi connectivity index (χ0n) is 11.7. The molecular weight excluding hydrogens is 242 g/mol. The van der Waals surface area contributed by atoms with E-state index in [0.717, 1.165) is 0 Å². The second-order valence-electron chi connectivity index (χ2n) is 5.62. The molecule has 1 aliphatic rings. The molecule has 1 aromatic heterocycles. The molecule has 3 nitrogen and oxygen atoms in total. The molecule has 1 saturated carbocycles. The lowest BCUT2D eigenvalue weighted by atomic mass is 9.93. The molecule has 0 radical (unpaired) electrons. The lowest BCUT2D eigenvalue weighted by molar-refractivity contribution is 0.345. The molecule has 3 atom stereocenters. The molecule has 102 valence electrons. The minimum atomic E-state index is 0.0944. The molecule has 0 spiro atoms. The normalized spacial score (nSPS) is 26.5. The maximum atomic E-state index is 6.31. The first-order valence-electron chi connectivity index (χ1n) is 6.95. The van der Waals surface area contributed by atoms with E-state index in [0.29, 0.717) is 17.2 Å². The summed E-state index contributed by atoms with van der Waals surface area (Å²) in [6.45, 7) is 4.35. The highest BCUT2D eigenvalue weighted by Crippen LogP contribution is 2.37. The van der Waals surface area contributed by atoms with Gasteiger partial charge in [-0.2, -0.15) is 11.8 Å². The van der Waals surface area contributed by atoms with Crippen LogP contribution in [-0.4, -0.2) is 21.1 Å². The van der Waals surface area contributed by atoms with E-state index in [9.17, 15) is 0 Å². The van der Waals surface area contributed by atoms with Gasteiger partial charge in [0.05, 0.1) is 12.0 Å². The first-order valence-corrected chi connectivity index (χ1v) is 8.24. The zero-order valence-corrected chi connectivity index (χ0v) is 12.5. The molecule has 2 rings (SSSR count). The molecule has 0 bridgehead atoms. The van der Waals surface area contributed by atoms with Crippen LogP contribution in [0.2, 0.25) is 0 Å². The van der Waals surface area contributed by atoms with Crippen molar-refractivity contribution in [2.75, 3.05) is 6.26 Å². The van der Waals surface area contributed by atoms with Crippen LogP contribution in [0.15, 0.2) is 12.5 Å². The Morgan fingerprint density at radius 2 is 2.11 bits per heavy atom. The second kappa shape index (κ2) is 6.11. The number of hydrogen-bond acceptors (Lipinski definition) is 3. The van der Waals surface area contributed by atoms with Gasteiger partial charge in [-0.15, -0.1) is 0 Å². The fraction of sp³-hybridized carbons (Fsp3) is 0.786. The number of nitrogens with two attached hydrogens (primary N) is 1. The van der Waals surface area contributed by atoms with Crippen molar-refractivity contribution >= 4 is 11.8 Å². The Morgan fingerprint density at radius 3 is 2.78 bits per heavy atom. The molecule has 4 heteroatoms.